The van der Waals surface area contributed by atoms with Crippen LogP contribution in [-0.2, 0) is 21.4 Å². The zero-order valence-corrected chi connectivity index (χ0v) is 23.1. The van der Waals surface area contributed by atoms with Crippen LogP contribution in [0.15, 0.2) is 41.3 Å². The van der Waals surface area contributed by atoms with E-state index in [-0.39, 0.29) is 39.4 Å². The molecular formula is C25H33Cl2N3O5S. The van der Waals surface area contributed by atoms with E-state index in [1.54, 1.807) is 17.0 Å². The smallest absolute Gasteiger partial charge is 0.339 e. The van der Waals surface area contributed by atoms with Crippen LogP contribution in [0.1, 0.15) is 39.2 Å². The number of anilines is 1. The van der Waals surface area contributed by atoms with Crippen LogP contribution in [0.2, 0.25) is 10.0 Å². The molecule has 11 heteroatoms. The molecule has 2 aromatic carbocycles. The summed E-state index contributed by atoms with van der Waals surface area (Å²) < 4.78 is 37.8. The van der Waals surface area contributed by atoms with E-state index in [0.717, 1.165) is 31.6 Å². The number of hydrogen-bond acceptors (Lipinski definition) is 6. The fourth-order valence-corrected chi connectivity index (χ4v) is 5.41. The number of rotatable bonds is 11. The summed E-state index contributed by atoms with van der Waals surface area (Å²) in [4.78, 5) is 16.4. The number of carbonyl (C=O) groups is 1. The maximum atomic E-state index is 13.2. The van der Waals surface area contributed by atoms with Crippen LogP contribution < -0.4 is 14.4 Å². The third-order valence-corrected chi connectivity index (χ3v) is 7.95. The van der Waals surface area contributed by atoms with Gasteiger partial charge in [-0.25, -0.2) is 4.79 Å². The number of urea groups is 1. The summed E-state index contributed by atoms with van der Waals surface area (Å²) in [5.74, 6) is 0.145. The Morgan fingerprint density at radius 1 is 1.11 bits per heavy atom. The third kappa shape index (κ3) is 7.18. The standard InChI is InChI=1S/C25H33Cl2N3O5S/c1-4-28-25(31)30(17-20-8-7-13-34-20)16-18-9-10-19(29(5-2)6-3)14-24(18)35-36(32,33)21-11-12-22(26)23(27)15-21/h9-12,14-15,20H,4-8,13,16-17H2,1-3H3,(H,28,31). The molecule has 0 saturated carbocycles. The summed E-state index contributed by atoms with van der Waals surface area (Å²) in [7, 11) is -4.23. The van der Waals surface area contributed by atoms with Crippen LogP contribution in [0.5, 0.6) is 5.75 Å². The largest absolute Gasteiger partial charge is 0.379 e. The molecule has 0 aromatic heterocycles. The number of halogens is 2. The summed E-state index contributed by atoms with van der Waals surface area (Å²) in [5.41, 5.74) is 1.37. The van der Waals surface area contributed by atoms with Gasteiger partial charge in [-0.2, -0.15) is 8.42 Å². The van der Waals surface area contributed by atoms with Gasteiger partial charge in [0.25, 0.3) is 0 Å². The summed E-state index contributed by atoms with van der Waals surface area (Å²) in [6.07, 6.45) is 1.75. The number of ether oxygens (including phenoxy) is 1. The van der Waals surface area contributed by atoms with Gasteiger partial charge in [0.15, 0.2) is 0 Å². The third-order valence-electron chi connectivity index (χ3n) is 5.98. The molecule has 0 spiro atoms. The van der Waals surface area contributed by atoms with Crippen molar-refractivity contribution in [3.63, 3.8) is 0 Å². The van der Waals surface area contributed by atoms with Crippen LogP contribution in [0, 0.1) is 0 Å². The molecule has 3 rings (SSSR count). The van der Waals surface area contributed by atoms with E-state index in [4.69, 9.17) is 32.1 Å². The second-order valence-electron chi connectivity index (χ2n) is 8.43. The lowest BCUT2D eigenvalue weighted by Gasteiger charge is -2.27. The maximum absolute atomic E-state index is 13.2. The van der Waals surface area contributed by atoms with E-state index < -0.39 is 10.1 Å². The maximum Gasteiger partial charge on any atom is 0.339 e. The van der Waals surface area contributed by atoms with Gasteiger partial charge in [0, 0.05) is 50.1 Å². The highest BCUT2D eigenvalue weighted by Crippen LogP contribution is 2.32. The molecule has 0 radical (unpaired) electrons. The Bertz CT molecular complexity index is 1150. The number of carbonyl (C=O) groups excluding carboxylic acids is 1. The Kier molecular flexibility index (Phi) is 10.1. The van der Waals surface area contributed by atoms with Crippen molar-refractivity contribution in [2.75, 3.05) is 37.7 Å². The van der Waals surface area contributed by atoms with Crippen molar-refractivity contribution in [1.29, 1.82) is 0 Å². The first kappa shape index (κ1) is 28.4. The highest BCUT2D eigenvalue weighted by Gasteiger charge is 2.26. The van der Waals surface area contributed by atoms with Crippen molar-refractivity contribution in [2.45, 2.75) is 51.2 Å². The SMILES string of the molecule is CCNC(=O)N(Cc1ccc(N(CC)CC)cc1OS(=O)(=O)c1ccc(Cl)c(Cl)c1)CC1CCCO1. The predicted molar refractivity (Wildman–Crippen MR) is 143 cm³/mol. The van der Waals surface area contributed by atoms with Gasteiger partial charge in [-0.15, -0.1) is 0 Å². The van der Waals surface area contributed by atoms with Gasteiger partial charge in [-0.3, -0.25) is 0 Å². The molecule has 198 valence electrons. The van der Waals surface area contributed by atoms with Crippen LogP contribution in [0.4, 0.5) is 10.5 Å². The van der Waals surface area contributed by atoms with E-state index in [9.17, 15) is 13.2 Å². The second-order valence-corrected chi connectivity index (χ2v) is 10.8. The number of nitrogens with zero attached hydrogens (tertiary/aromatic N) is 2. The molecule has 0 bridgehead atoms. The summed E-state index contributed by atoms with van der Waals surface area (Å²) in [5, 5.41) is 3.18. The normalized spacial score (nSPS) is 15.5. The highest BCUT2D eigenvalue weighted by atomic mass is 35.5. The van der Waals surface area contributed by atoms with Crippen molar-refractivity contribution >= 4 is 45.0 Å². The van der Waals surface area contributed by atoms with Gasteiger partial charge >= 0.3 is 16.1 Å². The minimum atomic E-state index is -4.23. The monoisotopic (exact) mass is 557 g/mol. The van der Waals surface area contributed by atoms with Crippen LogP contribution in [-0.4, -0.2) is 58.2 Å². The van der Waals surface area contributed by atoms with Crippen LogP contribution in [0.3, 0.4) is 0 Å². The predicted octanol–water partition coefficient (Wildman–Crippen LogP) is 5.32. The molecule has 36 heavy (non-hydrogen) atoms. The highest BCUT2D eigenvalue weighted by molar-refractivity contribution is 7.87. The number of amides is 2. The van der Waals surface area contributed by atoms with Crippen LogP contribution in [0.25, 0.3) is 0 Å². The average molecular weight is 559 g/mol. The van der Waals surface area contributed by atoms with Gasteiger partial charge in [0.1, 0.15) is 10.6 Å². The van der Waals surface area contributed by atoms with E-state index in [1.807, 2.05) is 26.8 Å². The first-order valence-electron chi connectivity index (χ1n) is 12.1. The molecule has 1 unspecified atom stereocenters. The molecule has 2 amide bonds. The van der Waals surface area contributed by atoms with Gasteiger partial charge in [-0.1, -0.05) is 29.3 Å². The van der Waals surface area contributed by atoms with Gasteiger partial charge in [-0.05, 0) is 57.9 Å². The lowest BCUT2D eigenvalue weighted by Crippen LogP contribution is -2.43. The topological polar surface area (TPSA) is 88.2 Å². The first-order chi connectivity index (χ1) is 17.2. The average Bonchev–Trinajstić information content (AvgIpc) is 3.35. The first-order valence-corrected chi connectivity index (χ1v) is 14.3. The van der Waals surface area contributed by atoms with Crippen molar-refractivity contribution < 1.29 is 22.1 Å². The molecule has 1 atom stereocenters. The fraction of sp³-hybridized carbons (Fsp3) is 0.480. The molecule has 1 N–H and O–H groups in total. The molecule has 1 aliphatic rings. The molecule has 8 nitrogen and oxygen atoms in total. The number of benzene rings is 2. The Morgan fingerprint density at radius 3 is 2.47 bits per heavy atom. The molecule has 1 saturated heterocycles. The second kappa shape index (κ2) is 12.9. The Labute approximate surface area is 223 Å². The van der Waals surface area contributed by atoms with E-state index in [0.29, 0.717) is 25.3 Å². The lowest BCUT2D eigenvalue weighted by atomic mass is 10.1. The fourth-order valence-electron chi connectivity index (χ4n) is 4.06. The molecule has 2 aromatic rings. The van der Waals surface area contributed by atoms with Crippen LogP contribution >= 0.6 is 23.2 Å². The quantitative estimate of drug-likeness (QED) is 0.376. The molecule has 1 heterocycles. The lowest BCUT2D eigenvalue weighted by molar-refractivity contribution is 0.0794. The Morgan fingerprint density at radius 2 is 1.86 bits per heavy atom. The number of hydrogen-bond donors (Lipinski definition) is 1. The molecule has 1 aliphatic heterocycles. The van der Waals surface area contributed by atoms with Crippen molar-refractivity contribution in [3.05, 3.63) is 52.0 Å². The van der Waals surface area contributed by atoms with Crippen molar-refractivity contribution in [3.8, 4) is 5.75 Å². The molecular weight excluding hydrogens is 525 g/mol. The van der Waals surface area contributed by atoms with Gasteiger partial charge in [0.2, 0.25) is 0 Å². The Hall–Kier alpha value is -2.20. The zero-order chi connectivity index (χ0) is 26.3. The van der Waals surface area contributed by atoms with E-state index in [2.05, 4.69) is 10.2 Å². The minimum Gasteiger partial charge on any atom is -0.379 e. The van der Waals surface area contributed by atoms with E-state index in [1.165, 1.54) is 18.2 Å². The zero-order valence-electron chi connectivity index (χ0n) is 20.8. The van der Waals surface area contributed by atoms with Gasteiger partial charge in [0.05, 0.1) is 22.7 Å². The summed E-state index contributed by atoms with van der Waals surface area (Å²) in [6, 6.07) is 9.16. The molecule has 1 fully saturated rings. The Balaban J connectivity index is 1.98. The minimum absolute atomic E-state index is 0.0631. The van der Waals surface area contributed by atoms with E-state index >= 15 is 0 Å². The van der Waals surface area contributed by atoms with Gasteiger partial charge < -0.3 is 24.0 Å². The molecule has 0 aliphatic carbocycles. The van der Waals surface area contributed by atoms with Crippen molar-refractivity contribution in [1.82, 2.24) is 10.2 Å². The van der Waals surface area contributed by atoms with Crippen molar-refractivity contribution in [2.24, 2.45) is 0 Å². The summed E-state index contributed by atoms with van der Waals surface area (Å²) in [6.45, 7) is 9.03. The summed E-state index contributed by atoms with van der Waals surface area (Å²) >= 11 is 12.0. The number of nitrogens with one attached hydrogen (secondary N) is 1.